The fourth-order valence-corrected chi connectivity index (χ4v) is 2.54. The Labute approximate surface area is 146 Å². The average molecular weight is 336 g/mol. The van der Waals surface area contributed by atoms with Crippen LogP contribution in [0.4, 0.5) is 0 Å². The van der Waals surface area contributed by atoms with Crippen molar-refractivity contribution in [2.24, 2.45) is 0 Å². The number of nitrogens with zero attached hydrogens (tertiary/aromatic N) is 2. The van der Waals surface area contributed by atoms with E-state index >= 15 is 0 Å². The van der Waals surface area contributed by atoms with E-state index in [-0.39, 0.29) is 12.4 Å². The molecule has 0 amide bonds. The molecule has 0 N–H and O–H groups in total. The van der Waals surface area contributed by atoms with Crippen LogP contribution >= 0.6 is 0 Å². The Morgan fingerprint density at radius 3 is 2.68 bits per heavy atom. The van der Waals surface area contributed by atoms with Crippen molar-refractivity contribution in [3.63, 3.8) is 0 Å². The highest BCUT2D eigenvalue weighted by Gasteiger charge is 2.12. The highest BCUT2D eigenvalue weighted by molar-refractivity contribution is 5.73. The molecule has 3 rings (SSSR count). The Morgan fingerprint density at radius 1 is 1.12 bits per heavy atom. The van der Waals surface area contributed by atoms with E-state index in [2.05, 4.69) is 10.1 Å². The molecule has 0 saturated heterocycles. The van der Waals surface area contributed by atoms with Crippen molar-refractivity contribution < 1.29 is 14.1 Å². The maximum absolute atomic E-state index is 12.0. The molecule has 2 aromatic carbocycles. The zero-order chi connectivity index (χ0) is 17.6. The van der Waals surface area contributed by atoms with Crippen LogP contribution in [0.5, 0.6) is 5.75 Å². The smallest absolute Gasteiger partial charge is 0.311 e. The van der Waals surface area contributed by atoms with Gasteiger partial charge in [-0.15, -0.1) is 0 Å². The molecule has 25 heavy (non-hydrogen) atoms. The summed E-state index contributed by atoms with van der Waals surface area (Å²) in [6.07, 6.45) is 1.17. The number of rotatable bonds is 6. The van der Waals surface area contributed by atoms with Crippen LogP contribution in [0, 0.1) is 13.8 Å². The predicted molar refractivity (Wildman–Crippen MR) is 93.4 cm³/mol. The van der Waals surface area contributed by atoms with Gasteiger partial charge in [-0.1, -0.05) is 53.2 Å². The highest BCUT2D eigenvalue weighted by Crippen LogP contribution is 2.19. The third-order valence-corrected chi connectivity index (χ3v) is 3.81. The summed E-state index contributed by atoms with van der Waals surface area (Å²) in [5, 5.41) is 3.96. The number of ether oxygens (including phenoxy) is 1. The zero-order valence-electron chi connectivity index (χ0n) is 14.4. The van der Waals surface area contributed by atoms with Crippen LogP contribution in [0.2, 0.25) is 0 Å². The minimum atomic E-state index is -0.310. The van der Waals surface area contributed by atoms with Crippen LogP contribution < -0.4 is 4.74 Å². The van der Waals surface area contributed by atoms with Crippen LogP contribution in [0.25, 0.3) is 0 Å². The van der Waals surface area contributed by atoms with Crippen LogP contribution in [0.15, 0.2) is 53.1 Å². The van der Waals surface area contributed by atoms with Crippen molar-refractivity contribution in [2.45, 2.75) is 33.1 Å². The number of benzene rings is 2. The first-order valence-electron chi connectivity index (χ1n) is 8.23. The molecule has 1 aromatic heterocycles. The molecule has 0 bridgehead atoms. The van der Waals surface area contributed by atoms with Gasteiger partial charge in [0.1, 0.15) is 5.75 Å². The lowest BCUT2D eigenvalue weighted by molar-refractivity contribution is -0.134. The molecular formula is C20H20N2O3. The molecule has 5 nitrogen and oxygen atoms in total. The van der Waals surface area contributed by atoms with Crippen LogP contribution in [0.1, 0.15) is 34.8 Å². The van der Waals surface area contributed by atoms with Crippen molar-refractivity contribution in [3.8, 4) is 5.75 Å². The van der Waals surface area contributed by atoms with E-state index in [1.54, 1.807) is 0 Å². The summed E-state index contributed by atoms with van der Waals surface area (Å²) in [6.45, 7) is 3.92. The highest BCUT2D eigenvalue weighted by atomic mass is 16.5. The number of carbonyl (C=O) groups is 1. The van der Waals surface area contributed by atoms with Gasteiger partial charge >= 0.3 is 5.97 Å². The standard InChI is InChI=1S/C20H20N2O3/c1-14-8-9-17(15(2)12-14)24-20(23)11-10-19-21-18(22-25-19)13-16-6-4-3-5-7-16/h3-9,12H,10-11,13H2,1-2H3. The van der Waals surface area contributed by atoms with Gasteiger partial charge < -0.3 is 9.26 Å². The SMILES string of the molecule is Cc1ccc(OC(=O)CCc2nc(Cc3ccccc3)no2)c(C)c1. The molecule has 1 heterocycles. The van der Waals surface area contributed by atoms with Crippen molar-refractivity contribution in [3.05, 3.63) is 76.9 Å². The molecule has 0 fully saturated rings. The lowest BCUT2D eigenvalue weighted by Crippen LogP contribution is -2.10. The summed E-state index contributed by atoms with van der Waals surface area (Å²) in [6, 6.07) is 15.6. The Morgan fingerprint density at radius 2 is 1.92 bits per heavy atom. The first-order chi connectivity index (χ1) is 12.1. The van der Waals surface area contributed by atoms with E-state index < -0.39 is 0 Å². The molecule has 0 spiro atoms. The molecule has 0 unspecified atom stereocenters. The second-order valence-electron chi connectivity index (χ2n) is 6.01. The lowest BCUT2D eigenvalue weighted by atomic mass is 10.1. The van der Waals surface area contributed by atoms with Crippen LogP contribution in [0.3, 0.4) is 0 Å². The summed E-state index contributed by atoms with van der Waals surface area (Å²) in [5.41, 5.74) is 3.19. The summed E-state index contributed by atoms with van der Waals surface area (Å²) >= 11 is 0. The number of carbonyl (C=O) groups excluding carboxylic acids is 1. The first kappa shape index (κ1) is 16.9. The van der Waals surface area contributed by atoms with E-state index in [0.29, 0.717) is 30.3 Å². The molecule has 0 aliphatic carbocycles. The molecule has 128 valence electrons. The van der Waals surface area contributed by atoms with Crippen LogP contribution in [-0.2, 0) is 17.6 Å². The van der Waals surface area contributed by atoms with E-state index in [1.807, 2.05) is 62.4 Å². The second kappa shape index (κ2) is 7.75. The second-order valence-corrected chi connectivity index (χ2v) is 6.01. The molecule has 0 aliphatic heterocycles. The normalized spacial score (nSPS) is 10.6. The monoisotopic (exact) mass is 336 g/mol. The van der Waals surface area contributed by atoms with E-state index in [4.69, 9.17) is 9.26 Å². The third kappa shape index (κ3) is 4.76. The lowest BCUT2D eigenvalue weighted by Gasteiger charge is -2.07. The molecule has 3 aromatic rings. The maximum Gasteiger partial charge on any atom is 0.311 e. The summed E-state index contributed by atoms with van der Waals surface area (Å²) in [7, 11) is 0. The third-order valence-electron chi connectivity index (χ3n) is 3.81. The first-order valence-corrected chi connectivity index (χ1v) is 8.23. The summed E-state index contributed by atoms with van der Waals surface area (Å²) in [4.78, 5) is 16.3. The minimum Gasteiger partial charge on any atom is -0.426 e. The Balaban J connectivity index is 1.52. The van der Waals surface area contributed by atoms with Gasteiger partial charge in [0.25, 0.3) is 0 Å². The van der Waals surface area contributed by atoms with Gasteiger partial charge in [0.15, 0.2) is 5.82 Å². The Kier molecular flexibility index (Phi) is 5.23. The minimum absolute atomic E-state index is 0.195. The molecule has 0 radical (unpaired) electrons. The quantitative estimate of drug-likeness (QED) is 0.506. The van der Waals surface area contributed by atoms with Gasteiger partial charge in [-0.25, -0.2) is 0 Å². The molecule has 5 heteroatoms. The van der Waals surface area contributed by atoms with Crippen molar-refractivity contribution in [1.29, 1.82) is 0 Å². The number of aryl methyl sites for hydroxylation is 3. The van der Waals surface area contributed by atoms with Gasteiger partial charge in [-0.3, -0.25) is 4.79 Å². The van der Waals surface area contributed by atoms with Gasteiger partial charge in [0.05, 0.1) is 6.42 Å². The topological polar surface area (TPSA) is 65.2 Å². The molecular weight excluding hydrogens is 316 g/mol. The molecule has 0 atom stereocenters. The fourth-order valence-electron chi connectivity index (χ4n) is 2.54. The number of esters is 1. The van der Waals surface area contributed by atoms with Crippen molar-refractivity contribution >= 4 is 5.97 Å². The van der Waals surface area contributed by atoms with Gasteiger partial charge in [-0.2, -0.15) is 4.98 Å². The van der Waals surface area contributed by atoms with Crippen LogP contribution in [-0.4, -0.2) is 16.1 Å². The number of aromatic nitrogens is 2. The Bertz CT molecular complexity index is 856. The molecule has 0 saturated carbocycles. The van der Waals surface area contributed by atoms with Gasteiger partial charge in [0, 0.05) is 12.8 Å². The summed E-state index contributed by atoms with van der Waals surface area (Å²) in [5.74, 6) is 1.34. The van der Waals surface area contributed by atoms with E-state index in [9.17, 15) is 4.79 Å². The maximum atomic E-state index is 12.0. The van der Waals surface area contributed by atoms with Gasteiger partial charge in [0.2, 0.25) is 5.89 Å². The number of hydrogen-bond donors (Lipinski definition) is 0. The van der Waals surface area contributed by atoms with Crippen molar-refractivity contribution in [2.75, 3.05) is 0 Å². The largest absolute Gasteiger partial charge is 0.426 e. The summed E-state index contributed by atoms with van der Waals surface area (Å²) < 4.78 is 10.6. The van der Waals surface area contributed by atoms with Crippen molar-refractivity contribution in [1.82, 2.24) is 10.1 Å². The van der Waals surface area contributed by atoms with E-state index in [1.165, 1.54) is 0 Å². The predicted octanol–water partition coefficient (Wildman–Crippen LogP) is 3.82. The number of hydrogen-bond acceptors (Lipinski definition) is 5. The average Bonchev–Trinajstić information content (AvgIpc) is 3.04. The molecule has 0 aliphatic rings. The fraction of sp³-hybridized carbons (Fsp3) is 0.250. The zero-order valence-corrected chi connectivity index (χ0v) is 14.4. The van der Waals surface area contributed by atoms with E-state index in [0.717, 1.165) is 16.7 Å². The Hall–Kier alpha value is -2.95. The van der Waals surface area contributed by atoms with Gasteiger partial charge in [-0.05, 0) is 31.0 Å².